The molecule has 0 amide bonds. The highest BCUT2D eigenvalue weighted by molar-refractivity contribution is 4.93. The maximum atomic E-state index is 9.36. The molecule has 17 heavy (non-hydrogen) atoms. The third-order valence-electron chi connectivity index (χ3n) is 4.99. The molecular weight excluding hydrogens is 212 g/mol. The van der Waals surface area contributed by atoms with Gasteiger partial charge in [-0.15, -0.1) is 0 Å². The van der Waals surface area contributed by atoms with Crippen LogP contribution in [-0.2, 0) is 0 Å². The van der Waals surface area contributed by atoms with Gasteiger partial charge in [-0.3, -0.25) is 4.90 Å². The standard InChI is InChI=1S/C14H28N2O/c1-14(2)7-3-5-11(13(14)15)9-16-8-4-6-12(16)10-17/h11-13,17H,3-10,15H2,1-2H3. The second-order valence-corrected chi connectivity index (χ2v) is 6.64. The normalized spacial score (nSPS) is 38.5. The van der Waals surface area contributed by atoms with Crippen LogP contribution in [0.1, 0.15) is 46.0 Å². The van der Waals surface area contributed by atoms with Gasteiger partial charge in [-0.25, -0.2) is 0 Å². The first-order valence-electron chi connectivity index (χ1n) is 7.15. The van der Waals surface area contributed by atoms with E-state index in [0.717, 1.165) is 19.5 Å². The Morgan fingerprint density at radius 1 is 1.29 bits per heavy atom. The molecule has 2 rings (SSSR count). The van der Waals surface area contributed by atoms with E-state index in [-0.39, 0.29) is 5.41 Å². The Balaban J connectivity index is 1.94. The van der Waals surface area contributed by atoms with Gasteiger partial charge >= 0.3 is 0 Å². The van der Waals surface area contributed by atoms with Crippen LogP contribution in [0.2, 0.25) is 0 Å². The summed E-state index contributed by atoms with van der Waals surface area (Å²) in [6.07, 6.45) is 6.22. The summed E-state index contributed by atoms with van der Waals surface area (Å²) in [6, 6.07) is 0.712. The number of nitrogens with two attached hydrogens (primary N) is 1. The SMILES string of the molecule is CC1(C)CCCC(CN2CCCC2CO)C1N. The zero-order valence-corrected chi connectivity index (χ0v) is 11.4. The summed E-state index contributed by atoms with van der Waals surface area (Å²) < 4.78 is 0. The second kappa shape index (κ2) is 5.25. The lowest BCUT2D eigenvalue weighted by Crippen LogP contribution is -2.51. The van der Waals surface area contributed by atoms with Crippen LogP contribution < -0.4 is 5.73 Å². The van der Waals surface area contributed by atoms with E-state index in [1.165, 1.54) is 25.7 Å². The minimum atomic E-state index is 0.289. The van der Waals surface area contributed by atoms with Crippen molar-refractivity contribution in [1.29, 1.82) is 0 Å². The summed E-state index contributed by atoms with van der Waals surface area (Å²) in [5.41, 5.74) is 6.72. The lowest BCUT2D eigenvalue weighted by atomic mass is 9.68. The van der Waals surface area contributed by atoms with Gasteiger partial charge in [0.25, 0.3) is 0 Å². The quantitative estimate of drug-likeness (QED) is 0.788. The maximum Gasteiger partial charge on any atom is 0.0586 e. The molecule has 0 spiro atoms. The largest absolute Gasteiger partial charge is 0.395 e. The monoisotopic (exact) mass is 240 g/mol. The molecule has 3 N–H and O–H groups in total. The molecule has 0 aromatic heterocycles. The van der Waals surface area contributed by atoms with Crippen LogP contribution >= 0.6 is 0 Å². The van der Waals surface area contributed by atoms with E-state index in [1.807, 2.05) is 0 Å². The Morgan fingerprint density at radius 2 is 2.06 bits per heavy atom. The molecule has 1 saturated heterocycles. The number of nitrogens with zero attached hydrogens (tertiary/aromatic N) is 1. The van der Waals surface area contributed by atoms with Crippen molar-refractivity contribution in [2.45, 2.75) is 58.0 Å². The zero-order valence-electron chi connectivity index (χ0n) is 11.4. The predicted molar refractivity (Wildman–Crippen MR) is 70.8 cm³/mol. The highest BCUT2D eigenvalue weighted by Gasteiger charge is 2.38. The van der Waals surface area contributed by atoms with Crippen LogP contribution in [0.25, 0.3) is 0 Å². The number of rotatable bonds is 3. The van der Waals surface area contributed by atoms with E-state index in [0.29, 0.717) is 24.6 Å². The summed E-state index contributed by atoms with van der Waals surface area (Å²) in [6.45, 7) is 7.16. The van der Waals surface area contributed by atoms with Gasteiger partial charge in [-0.05, 0) is 43.6 Å². The van der Waals surface area contributed by atoms with Crippen LogP contribution in [0, 0.1) is 11.3 Å². The minimum Gasteiger partial charge on any atom is -0.395 e. The van der Waals surface area contributed by atoms with Crippen molar-refractivity contribution in [3.05, 3.63) is 0 Å². The molecule has 1 aliphatic carbocycles. The first-order chi connectivity index (χ1) is 8.04. The van der Waals surface area contributed by atoms with E-state index >= 15 is 0 Å². The fraction of sp³-hybridized carbons (Fsp3) is 1.00. The summed E-state index contributed by atoms with van der Waals surface area (Å²) in [5.74, 6) is 0.617. The topological polar surface area (TPSA) is 49.5 Å². The number of aliphatic hydroxyl groups excluding tert-OH is 1. The Hall–Kier alpha value is -0.120. The molecule has 1 aliphatic heterocycles. The lowest BCUT2D eigenvalue weighted by molar-refractivity contribution is 0.0823. The third-order valence-corrected chi connectivity index (χ3v) is 4.99. The number of aliphatic hydroxyl groups is 1. The summed E-state index contributed by atoms with van der Waals surface area (Å²) in [7, 11) is 0. The van der Waals surface area contributed by atoms with Crippen LogP contribution in [0.5, 0.6) is 0 Å². The molecule has 1 saturated carbocycles. The predicted octanol–water partition coefficient (Wildman–Crippen LogP) is 1.60. The smallest absolute Gasteiger partial charge is 0.0586 e. The van der Waals surface area contributed by atoms with E-state index in [4.69, 9.17) is 5.73 Å². The summed E-state index contributed by atoms with van der Waals surface area (Å²) >= 11 is 0. The third kappa shape index (κ3) is 2.83. The first kappa shape index (κ1) is 13.3. The Morgan fingerprint density at radius 3 is 2.76 bits per heavy atom. The average molecular weight is 240 g/mol. The lowest BCUT2D eigenvalue weighted by Gasteiger charge is -2.43. The highest BCUT2D eigenvalue weighted by Crippen LogP contribution is 2.38. The van der Waals surface area contributed by atoms with Gasteiger partial charge < -0.3 is 10.8 Å². The number of hydrogen-bond acceptors (Lipinski definition) is 3. The minimum absolute atomic E-state index is 0.289. The van der Waals surface area contributed by atoms with Crippen molar-refractivity contribution in [3.8, 4) is 0 Å². The van der Waals surface area contributed by atoms with Crippen molar-refractivity contribution in [2.75, 3.05) is 19.7 Å². The number of likely N-dealkylation sites (tertiary alicyclic amines) is 1. The molecule has 100 valence electrons. The van der Waals surface area contributed by atoms with Gasteiger partial charge in [0.1, 0.15) is 0 Å². The van der Waals surface area contributed by atoms with Gasteiger partial charge in [0.05, 0.1) is 6.61 Å². The molecule has 3 unspecified atom stereocenters. The van der Waals surface area contributed by atoms with Gasteiger partial charge in [0, 0.05) is 18.6 Å². The van der Waals surface area contributed by atoms with E-state index < -0.39 is 0 Å². The van der Waals surface area contributed by atoms with Crippen LogP contribution in [0.15, 0.2) is 0 Å². The van der Waals surface area contributed by atoms with Crippen molar-refractivity contribution in [2.24, 2.45) is 17.1 Å². The van der Waals surface area contributed by atoms with E-state index in [1.54, 1.807) is 0 Å². The fourth-order valence-electron chi connectivity index (χ4n) is 3.65. The number of hydrogen-bond donors (Lipinski definition) is 2. The molecule has 0 radical (unpaired) electrons. The molecule has 3 nitrogen and oxygen atoms in total. The van der Waals surface area contributed by atoms with Crippen LogP contribution in [-0.4, -0.2) is 41.8 Å². The summed E-state index contributed by atoms with van der Waals surface area (Å²) in [4.78, 5) is 2.46. The maximum absolute atomic E-state index is 9.36. The Kier molecular flexibility index (Phi) is 4.11. The van der Waals surface area contributed by atoms with Gasteiger partial charge in [0.2, 0.25) is 0 Å². The van der Waals surface area contributed by atoms with Gasteiger partial charge in [-0.2, -0.15) is 0 Å². The van der Waals surface area contributed by atoms with Crippen LogP contribution in [0.3, 0.4) is 0 Å². The van der Waals surface area contributed by atoms with Crippen molar-refractivity contribution >= 4 is 0 Å². The van der Waals surface area contributed by atoms with Gasteiger partial charge in [-0.1, -0.05) is 20.3 Å². The molecule has 0 aromatic carbocycles. The molecule has 2 aliphatic rings. The molecule has 0 bridgehead atoms. The zero-order chi connectivity index (χ0) is 12.5. The van der Waals surface area contributed by atoms with E-state index in [9.17, 15) is 5.11 Å². The molecular formula is C14H28N2O. The second-order valence-electron chi connectivity index (χ2n) is 6.64. The first-order valence-corrected chi connectivity index (χ1v) is 7.15. The molecule has 1 heterocycles. The molecule has 3 heteroatoms. The Labute approximate surface area is 105 Å². The van der Waals surface area contributed by atoms with E-state index in [2.05, 4.69) is 18.7 Å². The van der Waals surface area contributed by atoms with Crippen LogP contribution in [0.4, 0.5) is 0 Å². The summed E-state index contributed by atoms with van der Waals surface area (Å²) in [5, 5.41) is 9.36. The van der Waals surface area contributed by atoms with Crippen molar-refractivity contribution in [1.82, 2.24) is 4.90 Å². The molecule has 3 atom stereocenters. The molecule has 2 fully saturated rings. The van der Waals surface area contributed by atoms with Crippen molar-refractivity contribution < 1.29 is 5.11 Å². The van der Waals surface area contributed by atoms with Gasteiger partial charge in [0.15, 0.2) is 0 Å². The Bertz CT molecular complexity index is 255. The highest BCUT2D eigenvalue weighted by atomic mass is 16.3. The molecule has 0 aromatic rings. The fourth-order valence-corrected chi connectivity index (χ4v) is 3.65. The van der Waals surface area contributed by atoms with Crippen molar-refractivity contribution in [3.63, 3.8) is 0 Å². The average Bonchev–Trinajstić information content (AvgIpc) is 2.72.